The Balaban J connectivity index is 2.23. The van der Waals surface area contributed by atoms with Gasteiger partial charge in [-0.2, -0.15) is 5.26 Å². The topological polar surface area (TPSA) is 72.8 Å². The van der Waals surface area contributed by atoms with Crippen molar-refractivity contribution in [2.24, 2.45) is 0 Å². The van der Waals surface area contributed by atoms with Gasteiger partial charge in [-0.1, -0.05) is 23.9 Å². The maximum absolute atomic E-state index is 12.2. The summed E-state index contributed by atoms with van der Waals surface area (Å²) in [5.41, 5.74) is 4.18. The highest BCUT2D eigenvalue weighted by Crippen LogP contribution is 2.39. The molecule has 1 aromatic heterocycles. The molecule has 2 heterocycles. The summed E-state index contributed by atoms with van der Waals surface area (Å²) in [6.07, 6.45) is 4.06. The molecule has 0 aliphatic carbocycles. The molecule has 1 aliphatic heterocycles. The molecular formula is C19H20N4OS. The summed E-state index contributed by atoms with van der Waals surface area (Å²) in [6.45, 7) is 6.43. The van der Waals surface area contributed by atoms with Crippen LogP contribution in [0.1, 0.15) is 31.9 Å². The van der Waals surface area contributed by atoms with Gasteiger partial charge in [-0.15, -0.1) is 0 Å². The second-order valence-electron chi connectivity index (χ2n) is 6.68. The Hall–Kier alpha value is -2.52. The predicted octanol–water partition coefficient (Wildman–Crippen LogP) is 3.66. The Morgan fingerprint density at radius 1 is 1.36 bits per heavy atom. The van der Waals surface area contributed by atoms with E-state index >= 15 is 0 Å². The molecular weight excluding hydrogens is 332 g/mol. The van der Waals surface area contributed by atoms with Crippen LogP contribution in [0.4, 0.5) is 5.69 Å². The average Bonchev–Trinajstić information content (AvgIpc) is 2.58. The molecule has 0 fully saturated rings. The first-order valence-electron chi connectivity index (χ1n) is 7.95. The summed E-state index contributed by atoms with van der Waals surface area (Å²) >= 11 is 1.34. The second kappa shape index (κ2) is 6.08. The Kier molecular flexibility index (Phi) is 4.21. The van der Waals surface area contributed by atoms with Gasteiger partial charge < -0.3 is 9.88 Å². The van der Waals surface area contributed by atoms with E-state index in [4.69, 9.17) is 0 Å². The van der Waals surface area contributed by atoms with Crippen LogP contribution in [0.3, 0.4) is 0 Å². The summed E-state index contributed by atoms with van der Waals surface area (Å²) in [4.78, 5) is 21.5. The lowest BCUT2D eigenvalue weighted by atomic mass is 9.88. The molecule has 6 heteroatoms. The fourth-order valence-electron chi connectivity index (χ4n) is 3.17. The molecule has 0 saturated carbocycles. The van der Waals surface area contributed by atoms with Gasteiger partial charge in [-0.25, -0.2) is 4.98 Å². The van der Waals surface area contributed by atoms with Crippen molar-refractivity contribution in [2.75, 3.05) is 18.2 Å². The van der Waals surface area contributed by atoms with Crippen molar-refractivity contribution in [3.05, 3.63) is 45.8 Å². The highest BCUT2D eigenvalue weighted by molar-refractivity contribution is 7.98. The van der Waals surface area contributed by atoms with Gasteiger partial charge in [0, 0.05) is 23.9 Å². The number of nitriles is 1. The monoisotopic (exact) mass is 352 g/mol. The van der Waals surface area contributed by atoms with Gasteiger partial charge in [0.25, 0.3) is 5.56 Å². The number of anilines is 1. The summed E-state index contributed by atoms with van der Waals surface area (Å²) in [6, 6.07) is 7.96. The number of rotatable bonds is 2. The molecule has 0 amide bonds. The lowest BCUT2D eigenvalue weighted by Crippen LogP contribution is -2.42. The van der Waals surface area contributed by atoms with Crippen molar-refractivity contribution in [1.82, 2.24) is 9.97 Å². The van der Waals surface area contributed by atoms with E-state index in [1.54, 1.807) is 0 Å². The number of nitrogens with one attached hydrogen (secondary N) is 1. The number of thioether (sulfide) groups is 1. The highest BCUT2D eigenvalue weighted by Gasteiger charge is 2.28. The molecule has 0 atom stereocenters. The highest BCUT2D eigenvalue weighted by atomic mass is 32.2. The minimum Gasteiger partial charge on any atom is -0.366 e. The maximum atomic E-state index is 12.2. The van der Waals surface area contributed by atoms with Crippen LogP contribution in [0.15, 0.2) is 34.2 Å². The summed E-state index contributed by atoms with van der Waals surface area (Å²) in [7, 11) is 2.07. The number of benzene rings is 1. The zero-order chi connectivity index (χ0) is 18.4. The van der Waals surface area contributed by atoms with Crippen molar-refractivity contribution >= 4 is 23.0 Å². The van der Waals surface area contributed by atoms with Crippen LogP contribution >= 0.6 is 11.8 Å². The molecule has 0 spiro atoms. The van der Waals surface area contributed by atoms with E-state index in [-0.39, 0.29) is 11.1 Å². The Bertz CT molecular complexity index is 982. The van der Waals surface area contributed by atoms with E-state index in [1.165, 1.54) is 17.3 Å². The maximum Gasteiger partial charge on any atom is 0.270 e. The first-order chi connectivity index (χ1) is 11.8. The Labute approximate surface area is 151 Å². The largest absolute Gasteiger partial charge is 0.366 e. The van der Waals surface area contributed by atoms with Crippen molar-refractivity contribution < 1.29 is 0 Å². The van der Waals surface area contributed by atoms with Gasteiger partial charge in [-0.3, -0.25) is 4.79 Å². The molecule has 0 radical (unpaired) electrons. The number of fused-ring (bicyclic) bond motifs is 1. The molecule has 0 saturated heterocycles. The van der Waals surface area contributed by atoms with Crippen molar-refractivity contribution in [2.45, 2.75) is 31.5 Å². The number of hydrogen-bond acceptors (Lipinski definition) is 5. The van der Waals surface area contributed by atoms with E-state index in [9.17, 15) is 10.1 Å². The number of hydrogen-bond donors (Lipinski definition) is 1. The Morgan fingerprint density at radius 2 is 2.08 bits per heavy atom. The number of nitrogens with zero attached hydrogens (tertiary/aromatic N) is 3. The van der Waals surface area contributed by atoms with Crippen LogP contribution in [-0.2, 0) is 0 Å². The number of allylic oxidation sites excluding steroid dienone is 1. The zero-order valence-electron chi connectivity index (χ0n) is 15.0. The zero-order valence-corrected chi connectivity index (χ0v) is 15.8. The van der Waals surface area contributed by atoms with E-state index in [0.29, 0.717) is 10.9 Å². The second-order valence-corrected chi connectivity index (χ2v) is 7.48. The molecule has 5 nitrogen and oxygen atoms in total. The van der Waals surface area contributed by atoms with Crippen LogP contribution in [-0.4, -0.2) is 28.8 Å². The van der Waals surface area contributed by atoms with E-state index < -0.39 is 5.56 Å². The smallest absolute Gasteiger partial charge is 0.270 e. The van der Waals surface area contributed by atoms with Gasteiger partial charge in [0.05, 0.1) is 11.2 Å². The van der Waals surface area contributed by atoms with Crippen LogP contribution in [0.2, 0.25) is 0 Å². The van der Waals surface area contributed by atoms with E-state index in [1.807, 2.05) is 30.5 Å². The van der Waals surface area contributed by atoms with Crippen LogP contribution in [0.25, 0.3) is 16.8 Å². The third-order valence-corrected chi connectivity index (χ3v) is 5.27. The van der Waals surface area contributed by atoms with E-state index in [0.717, 1.165) is 16.8 Å². The van der Waals surface area contributed by atoms with E-state index in [2.05, 4.69) is 48.8 Å². The van der Waals surface area contributed by atoms with Gasteiger partial charge in [0.1, 0.15) is 11.6 Å². The van der Waals surface area contributed by atoms with Crippen molar-refractivity contribution in [3.63, 3.8) is 0 Å². The number of aromatic nitrogens is 2. The lowest BCUT2D eigenvalue weighted by Gasteiger charge is -2.40. The fraction of sp³-hybridized carbons (Fsp3) is 0.316. The van der Waals surface area contributed by atoms with Gasteiger partial charge in [-0.05, 0) is 44.7 Å². The molecule has 0 bridgehead atoms. The summed E-state index contributed by atoms with van der Waals surface area (Å²) < 4.78 is 0. The molecule has 1 aliphatic rings. The Morgan fingerprint density at radius 3 is 2.72 bits per heavy atom. The number of H-pyrrole nitrogens is 1. The summed E-state index contributed by atoms with van der Waals surface area (Å²) in [5.74, 6) is 0. The third kappa shape index (κ3) is 2.85. The first-order valence-corrected chi connectivity index (χ1v) is 9.17. The standard InChI is InChI=1S/C19H20N4OS/c1-11-9-19(2,3)23(4)15-7-6-12(8-13(11)15)16-14(10-20)17(24)22-18(21-16)25-5/h6-9H,1-5H3,(H,21,22,24). The number of likely N-dealkylation sites (N-methyl/N-ethyl adjacent to an activating group) is 1. The molecule has 128 valence electrons. The minimum absolute atomic E-state index is 0.0453. The van der Waals surface area contributed by atoms with Crippen LogP contribution in [0, 0.1) is 11.3 Å². The van der Waals surface area contributed by atoms with Gasteiger partial charge in [0.15, 0.2) is 5.16 Å². The normalized spacial score (nSPS) is 15.4. The van der Waals surface area contributed by atoms with Crippen molar-refractivity contribution in [3.8, 4) is 17.3 Å². The van der Waals surface area contributed by atoms with Crippen LogP contribution < -0.4 is 10.5 Å². The fourth-order valence-corrected chi connectivity index (χ4v) is 3.55. The quantitative estimate of drug-likeness (QED) is 0.659. The molecule has 25 heavy (non-hydrogen) atoms. The third-order valence-electron chi connectivity index (χ3n) is 4.69. The lowest BCUT2D eigenvalue weighted by molar-refractivity contribution is 0.598. The van der Waals surface area contributed by atoms with Crippen molar-refractivity contribution in [1.29, 1.82) is 5.26 Å². The average molecular weight is 352 g/mol. The molecule has 3 rings (SSSR count). The SMILES string of the molecule is CSc1nc(-c2ccc3c(c2)C(C)=CC(C)(C)N3C)c(C#N)c(=O)[nH]1. The van der Waals surface area contributed by atoms with Gasteiger partial charge >= 0.3 is 0 Å². The molecule has 2 aromatic rings. The minimum atomic E-state index is -0.403. The summed E-state index contributed by atoms with van der Waals surface area (Å²) in [5, 5.41) is 9.89. The van der Waals surface area contributed by atoms with Crippen LogP contribution in [0.5, 0.6) is 0 Å². The molecule has 1 N–H and O–H groups in total. The molecule has 0 unspecified atom stereocenters. The number of aromatic amines is 1. The molecule has 1 aromatic carbocycles. The van der Waals surface area contributed by atoms with Gasteiger partial charge in [0.2, 0.25) is 0 Å². The first kappa shape index (κ1) is 17.3. The predicted molar refractivity (Wildman–Crippen MR) is 103 cm³/mol.